The molecule has 0 bridgehead atoms. The predicted octanol–water partition coefficient (Wildman–Crippen LogP) is 3.06. The quantitative estimate of drug-likeness (QED) is 0.754. The standard InChI is InChI=1S/C14H13BrF3NO2/c15-6-12(20)9-4-13(21)19(7-9)11-3-1-2-10(5-11)14(17,18)8-16/h1-3,5,9H,4,6-8H2. The second-order valence-electron chi connectivity index (χ2n) is 4.89. The van der Waals surface area contributed by atoms with E-state index in [1.54, 1.807) is 0 Å². The van der Waals surface area contributed by atoms with E-state index in [-0.39, 0.29) is 35.7 Å². The number of nitrogens with zero attached hydrogens (tertiary/aromatic N) is 1. The van der Waals surface area contributed by atoms with Crippen LogP contribution in [0.15, 0.2) is 24.3 Å². The highest BCUT2D eigenvalue weighted by Gasteiger charge is 2.36. The van der Waals surface area contributed by atoms with E-state index in [0.29, 0.717) is 0 Å². The third-order valence-electron chi connectivity index (χ3n) is 3.46. The van der Waals surface area contributed by atoms with E-state index < -0.39 is 24.1 Å². The van der Waals surface area contributed by atoms with Gasteiger partial charge in [-0.25, -0.2) is 4.39 Å². The first-order chi connectivity index (χ1) is 9.89. The Morgan fingerprint density at radius 1 is 1.43 bits per heavy atom. The van der Waals surface area contributed by atoms with E-state index in [2.05, 4.69) is 15.9 Å². The number of alkyl halides is 4. The molecule has 2 rings (SSSR count). The third-order valence-corrected chi connectivity index (χ3v) is 4.01. The number of hydrogen-bond acceptors (Lipinski definition) is 2. The van der Waals surface area contributed by atoms with Crippen molar-refractivity contribution in [1.29, 1.82) is 0 Å². The van der Waals surface area contributed by atoms with E-state index in [1.807, 2.05) is 0 Å². The summed E-state index contributed by atoms with van der Waals surface area (Å²) in [4.78, 5) is 24.8. The molecular formula is C14H13BrF3NO2. The summed E-state index contributed by atoms with van der Waals surface area (Å²) in [6, 6.07) is 5.06. The van der Waals surface area contributed by atoms with Crippen molar-refractivity contribution in [3.05, 3.63) is 29.8 Å². The number of anilines is 1. The molecule has 1 aromatic carbocycles. The highest BCUT2D eigenvalue weighted by Crippen LogP contribution is 2.33. The highest BCUT2D eigenvalue weighted by atomic mass is 79.9. The molecule has 1 saturated heterocycles. The Balaban J connectivity index is 2.25. The number of amides is 1. The normalized spacial score (nSPS) is 19.1. The molecule has 1 heterocycles. The molecule has 1 aliphatic heterocycles. The van der Waals surface area contributed by atoms with Gasteiger partial charge in [0.2, 0.25) is 5.91 Å². The van der Waals surface area contributed by atoms with E-state index in [4.69, 9.17) is 0 Å². The second-order valence-corrected chi connectivity index (χ2v) is 5.45. The van der Waals surface area contributed by atoms with E-state index in [0.717, 1.165) is 12.1 Å². The smallest absolute Gasteiger partial charge is 0.301 e. The van der Waals surface area contributed by atoms with Crippen molar-refractivity contribution in [3.63, 3.8) is 0 Å². The van der Waals surface area contributed by atoms with Gasteiger partial charge in [-0.1, -0.05) is 28.1 Å². The Kier molecular flexibility index (Phi) is 4.70. The minimum Gasteiger partial charge on any atom is -0.312 e. The number of carbonyl (C=O) groups excluding carboxylic acids is 2. The zero-order chi connectivity index (χ0) is 15.6. The van der Waals surface area contributed by atoms with Crippen molar-refractivity contribution in [2.24, 2.45) is 5.92 Å². The molecule has 1 amide bonds. The first kappa shape index (κ1) is 16.0. The molecule has 0 N–H and O–H groups in total. The molecule has 7 heteroatoms. The number of benzene rings is 1. The SMILES string of the molecule is O=C(CBr)C1CC(=O)N(c2cccc(C(F)(F)CF)c2)C1. The first-order valence-corrected chi connectivity index (χ1v) is 7.44. The van der Waals surface area contributed by atoms with Crippen molar-refractivity contribution < 1.29 is 22.8 Å². The number of halogens is 4. The average Bonchev–Trinajstić information content (AvgIpc) is 2.88. The first-order valence-electron chi connectivity index (χ1n) is 6.32. The highest BCUT2D eigenvalue weighted by molar-refractivity contribution is 9.09. The van der Waals surface area contributed by atoms with Gasteiger partial charge in [-0.3, -0.25) is 9.59 Å². The Labute approximate surface area is 128 Å². The summed E-state index contributed by atoms with van der Waals surface area (Å²) in [6.45, 7) is -1.64. The van der Waals surface area contributed by atoms with Crippen LogP contribution in [0.3, 0.4) is 0 Å². The molecule has 1 unspecified atom stereocenters. The maximum Gasteiger partial charge on any atom is 0.301 e. The number of rotatable bonds is 5. The minimum absolute atomic E-state index is 0.0637. The fraction of sp³-hybridized carbons (Fsp3) is 0.429. The summed E-state index contributed by atoms with van der Waals surface area (Å²) in [5.41, 5.74) is -0.221. The maximum atomic E-state index is 13.4. The van der Waals surface area contributed by atoms with Gasteiger partial charge in [0.1, 0.15) is 5.78 Å². The third kappa shape index (κ3) is 3.28. The molecule has 0 radical (unpaired) electrons. The summed E-state index contributed by atoms with van der Waals surface area (Å²) in [7, 11) is 0. The second kappa shape index (κ2) is 6.17. The summed E-state index contributed by atoms with van der Waals surface area (Å²) < 4.78 is 39.1. The Morgan fingerprint density at radius 3 is 2.76 bits per heavy atom. The molecular weight excluding hydrogens is 351 g/mol. The van der Waals surface area contributed by atoms with Crippen LogP contribution in [0.1, 0.15) is 12.0 Å². The molecule has 21 heavy (non-hydrogen) atoms. The average molecular weight is 364 g/mol. The lowest BCUT2D eigenvalue weighted by atomic mass is 10.1. The van der Waals surface area contributed by atoms with Crippen LogP contribution >= 0.6 is 15.9 Å². The van der Waals surface area contributed by atoms with Crippen LogP contribution in [-0.2, 0) is 15.5 Å². The van der Waals surface area contributed by atoms with Gasteiger partial charge < -0.3 is 4.90 Å². The van der Waals surface area contributed by atoms with Gasteiger partial charge in [-0.15, -0.1) is 0 Å². The minimum atomic E-state index is -3.58. The lowest BCUT2D eigenvalue weighted by molar-refractivity contribution is -0.122. The van der Waals surface area contributed by atoms with Gasteiger partial charge in [-0.2, -0.15) is 8.78 Å². The van der Waals surface area contributed by atoms with Crippen LogP contribution in [0.5, 0.6) is 0 Å². The summed E-state index contributed by atoms with van der Waals surface area (Å²) in [6.07, 6.45) is 0.0637. The van der Waals surface area contributed by atoms with Gasteiger partial charge in [0, 0.05) is 30.1 Å². The number of ketones is 1. The predicted molar refractivity (Wildman–Crippen MR) is 75.6 cm³/mol. The van der Waals surface area contributed by atoms with Crippen LogP contribution in [0.25, 0.3) is 0 Å². The van der Waals surface area contributed by atoms with Gasteiger partial charge in [0.25, 0.3) is 0 Å². The van der Waals surface area contributed by atoms with Crippen molar-refractivity contribution >= 4 is 33.3 Å². The van der Waals surface area contributed by atoms with Crippen molar-refractivity contribution in [1.82, 2.24) is 0 Å². The van der Waals surface area contributed by atoms with Crippen LogP contribution in [0, 0.1) is 5.92 Å². The Hall–Kier alpha value is -1.37. The lowest BCUT2D eigenvalue weighted by Crippen LogP contribution is -2.26. The molecule has 3 nitrogen and oxygen atoms in total. The zero-order valence-electron chi connectivity index (χ0n) is 11.0. The fourth-order valence-corrected chi connectivity index (χ4v) is 2.72. The number of Topliss-reactive ketones (excluding diaryl/α,β-unsaturated/α-hetero) is 1. The molecule has 1 fully saturated rings. The largest absolute Gasteiger partial charge is 0.312 e. The van der Waals surface area contributed by atoms with Crippen LogP contribution in [0.4, 0.5) is 18.9 Å². The summed E-state index contributed by atoms with van der Waals surface area (Å²) >= 11 is 3.05. The van der Waals surface area contributed by atoms with Crippen molar-refractivity contribution in [3.8, 4) is 0 Å². The maximum absolute atomic E-state index is 13.4. The van der Waals surface area contributed by atoms with E-state index >= 15 is 0 Å². The van der Waals surface area contributed by atoms with Gasteiger partial charge in [0.05, 0.1) is 5.33 Å². The summed E-state index contributed by atoms with van der Waals surface area (Å²) in [5, 5.41) is 0.152. The molecule has 0 saturated carbocycles. The van der Waals surface area contributed by atoms with Gasteiger partial charge in [0.15, 0.2) is 6.67 Å². The van der Waals surface area contributed by atoms with E-state index in [9.17, 15) is 22.8 Å². The van der Waals surface area contributed by atoms with Crippen LogP contribution < -0.4 is 4.90 Å². The van der Waals surface area contributed by atoms with E-state index in [1.165, 1.54) is 17.0 Å². The Morgan fingerprint density at radius 2 is 2.14 bits per heavy atom. The number of carbonyl (C=O) groups is 2. The van der Waals surface area contributed by atoms with Crippen molar-refractivity contribution in [2.75, 3.05) is 23.4 Å². The monoisotopic (exact) mass is 363 g/mol. The van der Waals surface area contributed by atoms with Crippen LogP contribution in [0.2, 0.25) is 0 Å². The zero-order valence-corrected chi connectivity index (χ0v) is 12.6. The molecule has 0 spiro atoms. The van der Waals surface area contributed by atoms with Crippen molar-refractivity contribution in [2.45, 2.75) is 12.3 Å². The molecule has 1 aliphatic rings. The fourth-order valence-electron chi connectivity index (χ4n) is 2.26. The number of hydrogen-bond donors (Lipinski definition) is 0. The molecule has 1 atom stereocenters. The molecule has 114 valence electrons. The molecule has 0 aliphatic carbocycles. The van der Waals surface area contributed by atoms with Gasteiger partial charge in [-0.05, 0) is 12.1 Å². The molecule has 0 aromatic heterocycles. The lowest BCUT2D eigenvalue weighted by Gasteiger charge is -2.19. The van der Waals surface area contributed by atoms with Crippen LogP contribution in [-0.4, -0.2) is 30.2 Å². The topological polar surface area (TPSA) is 37.4 Å². The van der Waals surface area contributed by atoms with Gasteiger partial charge >= 0.3 is 5.92 Å². The molecule has 1 aromatic rings. The summed E-state index contributed by atoms with van der Waals surface area (Å²) in [5.74, 6) is -4.42. The Bertz CT molecular complexity index is 565.